The molecule has 0 saturated carbocycles. The van der Waals surface area contributed by atoms with E-state index in [1.54, 1.807) is 25.1 Å². The summed E-state index contributed by atoms with van der Waals surface area (Å²) in [5, 5.41) is 16.4. The van der Waals surface area contributed by atoms with E-state index in [-0.39, 0.29) is 30.4 Å². The third-order valence-electron chi connectivity index (χ3n) is 6.58. The average Bonchev–Trinajstić information content (AvgIpc) is 3.41. The number of aliphatic hydroxyl groups excluding tert-OH is 1. The molecular weight excluding hydrogens is 362 g/mol. The van der Waals surface area contributed by atoms with Gasteiger partial charge in [-0.05, 0) is 25.8 Å². The Balaban J connectivity index is 1.59. The van der Waals surface area contributed by atoms with Crippen molar-refractivity contribution < 1.29 is 24.2 Å². The Morgan fingerprint density at radius 3 is 2.79 bits per heavy atom. The molecule has 1 spiro atoms. The summed E-state index contributed by atoms with van der Waals surface area (Å²) in [5.74, 6) is -2.73. The number of rotatable bonds is 3. The van der Waals surface area contributed by atoms with Gasteiger partial charge in [0, 0.05) is 23.9 Å². The second-order valence-corrected chi connectivity index (χ2v) is 8.14. The first-order chi connectivity index (χ1) is 13.4. The molecule has 8 nitrogen and oxygen atoms in total. The molecule has 4 heterocycles. The van der Waals surface area contributed by atoms with Crippen LogP contribution in [0.2, 0.25) is 0 Å². The van der Waals surface area contributed by atoms with Gasteiger partial charge in [0.25, 0.3) is 0 Å². The van der Waals surface area contributed by atoms with E-state index in [0.29, 0.717) is 17.9 Å². The summed E-state index contributed by atoms with van der Waals surface area (Å²) in [6.45, 7) is 2.41. The lowest BCUT2D eigenvalue weighted by atomic mass is 9.76. The number of anilines is 1. The van der Waals surface area contributed by atoms with Crippen molar-refractivity contribution in [1.82, 2.24) is 10.2 Å². The van der Waals surface area contributed by atoms with Gasteiger partial charge in [0.1, 0.15) is 5.54 Å². The molecule has 6 atom stereocenters. The first kappa shape index (κ1) is 17.8. The molecule has 0 aliphatic carbocycles. The van der Waals surface area contributed by atoms with E-state index >= 15 is 0 Å². The molecule has 3 saturated heterocycles. The number of nitrogens with zero attached hydrogens (tertiary/aromatic N) is 1. The minimum absolute atomic E-state index is 0.162. The molecule has 0 radical (unpaired) electrons. The number of imide groups is 1. The van der Waals surface area contributed by atoms with Crippen LogP contribution in [0, 0.1) is 11.8 Å². The van der Waals surface area contributed by atoms with E-state index < -0.39 is 29.5 Å². The van der Waals surface area contributed by atoms with Gasteiger partial charge in [0.15, 0.2) is 0 Å². The number of hydrogen-bond acceptors (Lipinski definition) is 6. The molecule has 3 N–H and O–H groups in total. The number of carbonyl (C=O) groups excluding carboxylic acids is 3. The maximum absolute atomic E-state index is 13.4. The van der Waals surface area contributed by atoms with Gasteiger partial charge < -0.3 is 15.2 Å². The van der Waals surface area contributed by atoms with Crippen LogP contribution in [0.25, 0.3) is 0 Å². The maximum Gasteiger partial charge on any atom is 0.250 e. The number of amides is 3. The van der Waals surface area contributed by atoms with Crippen LogP contribution in [0.5, 0.6) is 0 Å². The van der Waals surface area contributed by atoms with Crippen LogP contribution >= 0.6 is 0 Å². The SMILES string of the molecule is C[C@H](O)[C@@H]1N[C@]2(C(=O)Nc3ccccc32)[C@@H]2C(=O)N(C[C@H]3CCCO3)C(=O)[C@H]12. The number of ether oxygens (including phenoxy) is 1. The van der Waals surface area contributed by atoms with Crippen LogP contribution in [0.3, 0.4) is 0 Å². The van der Waals surface area contributed by atoms with Crippen molar-refractivity contribution >= 4 is 23.4 Å². The fourth-order valence-electron chi connectivity index (χ4n) is 5.33. The summed E-state index contributed by atoms with van der Waals surface area (Å²) in [6, 6.07) is 6.50. The molecule has 28 heavy (non-hydrogen) atoms. The Morgan fingerprint density at radius 2 is 2.07 bits per heavy atom. The highest BCUT2D eigenvalue weighted by Crippen LogP contribution is 2.53. The van der Waals surface area contributed by atoms with Crippen LogP contribution in [0.15, 0.2) is 24.3 Å². The molecule has 148 valence electrons. The Labute approximate surface area is 162 Å². The quantitative estimate of drug-likeness (QED) is 0.631. The minimum atomic E-state index is -1.35. The molecule has 8 heteroatoms. The molecule has 1 aromatic carbocycles. The lowest BCUT2D eigenvalue weighted by Crippen LogP contribution is -2.55. The van der Waals surface area contributed by atoms with E-state index in [9.17, 15) is 19.5 Å². The fraction of sp³-hybridized carbons (Fsp3) is 0.550. The van der Waals surface area contributed by atoms with E-state index in [2.05, 4.69) is 10.6 Å². The van der Waals surface area contributed by atoms with Crippen LogP contribution in [0.4, 0.5) is 5.69 Å². The lowest BCUT2D eigenvalue weighted by molar-refractivity contribution is -0.144. The molecule has 3 fully saturated rings. The van der Waals surface area contributed by atoms with Crippen LogP contribution in [-0.2, 0) is 24.7 Å². The second-order valence-electron chi connectivity index (χ2n) is 8.14. The van der Waals surface area contributed by atoms with E-state index in [4.69, 9.17) is 4.74 Å². The van der Waals surface area contributed by atoms with Gasteiger partial charge in [-0.15, -0.1) is 0 Å². The van der Waals surface area contributed by atoms with Crippen molar-refractivity contribution in [3.05, 3.63) is 29.8 Å². The van der Waals surface area contributed by atoms with Crippen molar-refractivity contribution in [3.63, 3.8) is 0 Å². The van der Waals surface area contributed by atoms with Crippen molar-refractivity contribution in [2.75, 3.05) is 18.5 Å². The van der Waals surface area contributed by atoms with E-state index in [1.165, 1.54) is 4.90 Å². The molecule has 4 aliphatic rings. The molecule has 5 rings (SSSR count). The highest BCUT2D eigenvalue weighted by Gasteiger charge is 2.71. The third kappa shape index (κ3) is 2.19. The van der Waals surface area contributed by atoms with Gasteiger partial charge in [-0.2, -0.15) is 0 Å². The second kappa shape index (κ2) is 6.10. The minimum Gasteiger partial charge on any atom is -0.392 e. The summed E-state index contributed by atoms with van der Waals surface area (Å²) in [7, 11) is 0. The molecule has 0 aromatic heterocycles. The first-order valence-corrected chi connectivity index (χ1v) is 9.78. The smallest absolute Gasteiger partial charge is 0.250 e. The number of para-hydroxylation sites is 1. The molecule has 0 bridgehead atoms. The molecular formula is C20H23N3O5. The number of fused-ring (bicyclic) bond motifs is 4. The zero-order chi connectivity index (χ0) is 19.6. The third-order valence-corrected chi connectivity index (χ3v) is 6.58. The molecule has 3 amide bonds. The summed E-state index contributed by atoms with van der Waals surface area (Å²) in [5.41, 5.74) is -0.0675. The van der Waals surface area contributed by atoms with Crippen molar-refractivity contribution in [2.45, 2.75) is 43.6 Å². The number of hydrogen-bond donors (Lipinski definition) is 3. The highest BCUT2D eigenvalue weighted by atomic mass is 16.5. The monoisotopic (exact) mass is 385 g/mol. The molecule has 0 unspecified atom stereocenters. The van der Waals surface area contributed by atoms with Crippen LogP contribution in [-0.4, -0.2) is 59.1 Å². The topological polar surface area (TPSA) is 108 Å². The zero-order valence-electron chi connectivity index (χ0n) is 15.6. The van der Waals surface area contributed by atoms with Crippen molar-refractivity contribution in [2.24, 2.45) is 11.8 Å². The van der Waals surface area contributed by atoms with Gasteiger partial charge >= 0.3 is 0 Å². The van der Waals surface area contributed by atoms with E-state index in [1.807, 2.05) is 6.07 Å². The zero-order valence-corrected chi connectivity index (χ0v) is 15.6. The van der Waals surface area contributed by atoms with Crippen LogP contribution in [0.1, 0.15) is 25.3 Å². The van der Waals surface area contributed by atoms with Crippen LogP contribution < -0.4 is 10.6 Å². The predicted octanol–water partition coefficient (Wildman–Crippen LogP) is -0.0332. The number of carbonyl (C=O) groups is 3. The number of aliphatic hydroxyl groups is 1. The van der Waals surface area contributed by atoms with Crippen molar-refractivity contribution in [3.8, 4) is 0 Å². The lowest BCUT2D eigenvalue weighted by Gasteiger charge is -2.30. The van der Waals surface area contributed by atoms with Gasteiger partial charge in [-0.3, -0.25) is 24.6 Å². The fourth-order valence-corrected chi connectivity index (χ4v) is 5.33. The maximum atomic E-state index is 13.4. The Bertz CT molecular complexity index is 865. The standard InChI is InChI=1S/C20H23N3O5/c1-10(24)16-14-15(18(26)23(17(14)25)9-11-5-4-8-28-11)20(22-16)12-6-2-3-7-13(12)21-19(20)27/h2-3,6-7,10-11,14-16,22,24H,4-5,8-9H2,1H3,(H,21,27)/t10-,11+,14-,15-,16-,20-/m0/s1. The Hall–Kier alpha value is -2.29. The van der Waals surface area contributed by atoms with Crippen molar-refractivity contribution in [1.29, 1.82) is 0 Å². The number of benzene rings is 1. The summed E-state index contributed by atoms with van der Waals surface area (Å²) in [4.78, 5) is 41.0. The number of nitrogens with one attached hydrogen (secondary N) is 2. The highest BCUT2D eigenvalue weighted by molar-refractivity contribution is 6.15. The van der Waals surface area contributed by atoms with Gasteiger partial charge in [0.2, 0.25) is 17.7 Å². The van der Waals surface area contributed by atoms with Gasteiger partial charge in [-0.1, -0.05) is 18.2 Å². The van der Waals surface area contributed by atoms with Gasteiger partial charge in [0.05, 0.1) is 30.6 Å². The first-order valence-electron chi connectivity index (χ1n) is 9.78. The molecule has 1 aromatic rings. The Morgan fingerprint density at radius 1 is 1.29 bits per heavy atom. The number of likely N-dealkylation sites (tertiary alicyclic amines) is 1. The van der Waals surface area contributed by atoms with Gasteiger partial charge in [-0.25, -0.2) is 0 Å². The molecule has 4 aliphatic heterocycles. The average molecular weight is 385 g/mol. The predicted molar refractivity (Wildman–Crippen MR) is 98.0 cm³/mol. The largest absolute Gasteiger partial charge is 0.392 e. The summed E-state index contributed by atoms with van der Waals surface area (Å²) in [6.07, 6.45) is 0.654. The summed E-state index contributed by atoms with van der Waals surface area (Å²) < 4.78 is 5.61. The normalized spacial score (nSPS) is 37.5. The Kier molecular flexibility index (Phi) is 3.88. The van der Waals surface area contributed by atoms with E-state index in [0.717, 1.165) is 12.8 Å². The summed E-state index contributed by atoms with van der Waals surface area (Å²) >= 11 is 0.